The first-order chi connectivity index (χ1) is 9.99. The predicted molar refractivity (Wildman–Crippen MR) is 90.0 cm³/mol. The van der Waals surface area contributed by atoms with Crippen LogP contribution in [0.5, 0.6) is 5.75 Å². The van der Waals surface area contributed by atoms with Gasteiger partial charge in [0.25, 0.3) is 0 Å². The van der Waals surface area contributed by atoms with E-state index in [0.29, 0.717) is 22.7 Å². The minimum Gasteiger partial charge on any atom is -0.507 e. The maximum Gasteiger partial charge on any atom is 0.121 e. The molecule has 2 unspecified atom stereocenters. The van der Waals surface area contributed by atoms with Gasteiger partial charge in [-0.05, 0) is 29.9 Å². The number of aliphatic hydroxyl groups is 2. The summed E-state index contributed by atoms with van der Waals surface area (Å²) in [5.41, 5.74) is 1.99. The average molecular weight is 312 g/mol. The Bertz CT molecular complexity index is 420. The van der Waals surface area contributed by atoms with Crippen molar-refractivity contribution in [2.24, 2.45) is 5.92 Å². The van der Waals surface area contributed by atoms with Crippen molar-refractivity contribution in [2.45, 2.75) is 51.4 Å². The van der Waals surface area contributed by atoms with Crippen LogP contribution in [0.25, 0.3) is 0 Å². The molecule has 0 bridgehead atoms. The lowest BCUT2D eigenvalue weighted by molar-refractivity contribution is 0.113. The van der Waals surface area contributed by atoms with Gasteiger partial charge in [-0.3, -0.25) is 0 Å². The number of aryl methyl sites for hydroxylation is 1. The second-order valence-electron chi connectivity index (χ2n) is 5.83. The van der Waals surface area contributed by atoms with Gasteiger partial charge in [0.05, 0.1) is 12.7 Å². The summed E-state index contributed by atoms with van der Waals surface area (Å²) in [7, 11) is 0. The molecule has 0 saturated carbocycles. The lowest BCUT2D eigenvalue weighted by Gasteiger charge is -2.22. The van der Waals surface area contributed by atoms with Gasteiger partial charge in [-0.2, -0.15) is 11.8 Å². The summed E-state index contributed by atoms with van der Waals surface area (Å²) in [5, 5.41) is 29.1. The van der Waals surface area contributed by atoms with Crippen molar-refractivity contribution >= 4 is 11.8 Å². The third-order valence-electron chi connectivity index (χ3n) is 3.60. The van der Waals surface area contributed by atoms with Gasteiger partial charge in [0.15, 0.2) is 0 Å². The molecule has 0 aromatic heterocycles. The van der Waals surface area contributed by atoms with Crippen LogP contribution in [0.1, 0.15) is 38.3 Å². The smallest absolute Gasteiger partial charge is 0.121 e. The lowest BCUT2D eigenvalue weighted by atomic mass is 9.98. The van der Waals surface area contributed by atoms with E-state index in [-0.39, 0.29) is 6.61 Å². The quantitative estimate of drug-likeness (QED) is 0.656. The number of hydrogen-bond acceptors (Lipinski definition) is 4. The lowest BCUT2D eigenvalue weighted by Crippen LogP contribution is -2.21. The molecule has 1 aromatic carbocycles. The maximum absolute atomic E-state index is 10.4. The highest BCUT2D eigenvalue weighted by Gasteiger charge is 2.19. The molecular weight excluding hydrogens is 284 g/mol. The number of aromatic hydroxyl groups is 1. The number of thioether (sulfide) groups is 1. The fraction of sp³-hybridized carbons (Fsp3) is 0.647. The molecule has 120 valence electrons. The minimum atomic E-state index is -0.670. The number of rotatable bonds is 9. The molecule has 1 aromatic rings. The Morgan fingerprint density at radius 2 is 1.86 bits per heavy atom. The van der Waals surface area contributed by atoms with Crippen molar-refractivity contribution < 1.29 is 15.3 Å². The first-order valence-electron chi connectivity index (χ1n) is 7.69. The van der Waals surface area contributed by atoms with Crippen molar-refractivity contribution in [3.05, 3.63) is 29.3 Å². The molecular formula is C17H28O3S. The third kappa shape index (κ3) is 5.89. The minimum absolute atomic E-state index is 0.199. The van der Waals surface area contributed by atoms with E-state index >= 15 is 0 Å². The SMILES string of the molecule is CCCc1cccc(CC(SCC(O)CO)C(C)C)c1O. The normalized spacial score (nSPS) is 14.4. The van der Waals surface area contributed by atoms with Crippen LogP contribution in [0.4, 0.5) is 0 Å². The molecule has 0 saturated heterocycles. The van der Waals surface area contributed by atoms with Gasteiger partial charge in [0.1, 0.15) is 5.75 Å². The number of para-hydroxylation sites is 1. The van der Waals surface area contributed by atoms with E-state index in [1.807, 2.05) is 18.2 Å². The second-order valence-corrected chi connectivity index (χ2v) is 7.10. The molecule has 4 heteroatoms. The highest BCUT2D eigenvalue weighted by molar-refractivity contribution is 7.99. The molecule has 0 fully saturated rings. The Morgan fingerprint density at radius 1 is 1.19 bits per heavy atom. The molecule has 3 nitrogen and oxygen atoms in total. The summed E-state index contributed by atoms with van der Waals surface area (Å²) >= 11 is 1.66. The molecule has 0 amide bonds. The van der Waals surface area contributed by atoms with Crippen LogP contribution in [0.15, 0.2) is 18.2 Å². The monoisotopic (exact) mass is 312 g/mol. The zero-order valence-corrected chi connectivity index (χ0v) is 14.1. The number of aliphatic hydroxyl groups excluding tert-OH is 2. The zero-order valence-electron chi connectivity index (χ0n) is 13.2. The van der Waals surface area contributed by atoms with Crippen molar-refractivity contribution in [1.29, 1.82) is 0 Å². The zero-order chi connectivity index (χ0) is 15.8. The van der Waals surface area contributed by atoms with Gasteiger partial charge in [-0.1, -0.05) is 45.4 Å². The molecule has 0 aliphatic carbocycles. The Hall–Kier alpha value is -0.710. The first-order valence-corrected chi connectivity index (χ1v) is 8.74. The summed E-state index contributed by atoms with van der Waals surface area (Å²) < 4.78 is 0. The van der Waals surface area contributed by atoms with Gasteiger partial charge in [0, 0.05) is 11.0 Å². The largest absolute Gasteiger partial charge is 0.507 e. The van der Waals surface area contributed by atoms with E-state index in [1.165, 1.54) is 0 Å². The Kier molecular flexibility index (Phi) is 8.15. The number of benzene rings is 1. The second kappa shape index (κ2) is 9.34. The molecule has 0 heterocycles. The van der Waals surface area contributed by atoms with Crippen LogP contribution >= 0.6 is 11.8 Å². The van der Waals surface area contributed by atoms with Crippen LogP contribution in [0, 0.1) is 5.92 Å². The van der Waals surface area contributed by atoms with Gasteiger partial charge in [-0.25, -0.2) is 0 Å². The van der Waals surface area contributed by atoms with Crippen LogP contribution < -0.4 is 0 Å². The van der Waals surface area contributed by atoms with Gasteiger partial charge in [0.2, 0.25) is 0 Å². The van der Waals surface area contributed by atoms with Crippen molar-refractivity contribution in [3.63, 3.8) is 0 Å². The number of phenolic OH excluding ortho intramolecular Hbond substituents is 1. The Balaban J connectivity index is 2.77. The maximum atomic E-state index is 10.4. The molecule has 0 spiro atoms. The first kappa shape index (κ1) is 18.3. The van der Waals surface area contributed by atoms with Crippen LogP contribution in [0.2, 0.25) is 0 Å². The number of phenols is 1. The van der Waals surface area contributed by atoms with Crippen molar-refractivity contribution in [1.82, 2.24) is 0 Å². The van der Waals surface area contributed by atoms with E-state index in [1.54, 1.807) is 11.8 Å². The van der Waals surface area contributed by atoms with E-state index in [4.69, 9.17) is 5.11 Å². The van der Waals surface area contributed by atoms with Crippen LogP contribution in [-0.2, 0) is 12.8 Å². The predicted octanol–water partition coefficient (Wildman–Crippen LogP) is 3.00. The van der Waals surface area contributed by atoms with Gasteiger partial charge < -0.3 is 15.3 Å². The molecule has 21 heavy (non-hydrogen) atoms. The molecule has 0 radical (unpaired) electrons. The standard InChI is InChI=1S/C17H28O3S/c1-4-6-13-7-5-8-14(17(13)20)9-16(12(2)3)21-11-15(19)10-18/h5,7-8,12,15-16,18-20H,4,6,9-11H2,1-3H3. The topological polar surface area (TPSA) is 60.7 Å². The van der Waals surface area contributed by atoms with E-state index < -0.39 is 6.10 Å². The van der Waals surface area contributed by atoms with Gasteiger partial charge >= 0.3 is 0 Å². The molecule has 2 atom stereocenters. The molecule has 0 aliphatic heterocycles. The number of hydrogen-bond donors (Lipinski definition) is 3. The third-order valence-corrected chi connectivity index (χ3v) is 5.32. The summed E-state index contributed by atoms with van der Waals surface area (Å²) in [6.45, 7) is 6.20. The summed E-state index contributed by atoms with van der Waals surface area (Å²) in [4.78, 5) is 0. The van der Waals surface area contributed by atoms with E-state index in [9.17, 15) is 10.2 Å². The highest BCUT2D eigenvalue weighted by atomic mass is 32.2. The van der Waals surface area contributed by atoms with Crippen LogP contribution in [0.3, 0.4) is 0 Å². The Labute approximate surface area is 132 Å². The van der Waals surface area contributed by atoms with Gasteiger partial charge in [-0.15, -0.1) is 0 Å². The van der Waals surface area contributed by atoms with E-state index in [0.717, 1.165) is 30.4 Å². The molecule has 1 rings (SSSR count). The van der Waals surface area contributed by atoms with E-state index in [2.05, 4.69) is 20.8 Å². The average Bonchev–Trinajstić information content (AvgIpc) is 2.46. The fourth-order valence-corrected chi connectivity index (χ4v) is 3.53. The summed E-state index contributed by atoms with van der Waals surface area (Å²) in [6.07, 6.45) is 2.02. The fourth-order valence-electron chi connectivity index (χ4n) is 2.27. The Morgan fingerprint density at radius 3 is 2.43 bits per heavy atom. The van der Waals surface area contributed by atoms with Crippen molar-refractivity contribution in [2.75, 3.05) is 12.4 Å². The van der Waals surface area contributed by atoms with Crippen molar-refractivity contribution in [3.8, 4) is 5.75 Å². The summed E-state index contributed by atoms with van der Waals surface area (Å²) in [5.74, 6) is 1.39. The van der Waals surface area contributed by atoms with Crippen LogP contribution in [-0.4, -0.2) is 39.0 Å². The molecule has 0 aliphatic rings. The highest BCUT2D eigenvalue weighted by Crippen LogP contribution is 2.30. The summed E-state index contributed by atoms with van der Waals surface area (Å²) in [6, 6.07) is 5.97. The molecule has 3 N–H and O–H groups in total.